The first kappa shape index (κ1) is 31.9. The Balaban J connectivity index is 2.99. The van der Waals surface area contributed by atoms with Crippen LogP contribution in [0.25, 0.3) is 0 Å². The Morgan fingerprint density at radius 1 is 0.838 bits per heavy atom. The van der Waals surface area contributed by atoms with Crippen LogP contribution < -0.4 is 14.8 Å². The lowest BCUT2D eigenvalue weighted by Crippen LogP contribution is -2.41. The van der Waals surface area contributed by atoms with Gasteiger partial charge < -0.3 is 29.0 Å². The molecule has 0 bridgehead atoms. The van der Waals surface area contributed by atoms with E-state index >= 15 is 0 Å². The first-order valence-corrected chi connectivity index (χ1v) is 12.8. The van der Waals surface area contributed by atoms with Crippen molar-refractivity contribution in [2.75, 3.05) is 20.3 Å². The zero-order valence-electron chi connectivity index (χ0n) is 23.0. The molecule has 1 aromatic carbocycles. The van der Waals surface area contributed by atoms with Crippen molar-refractivity contribution in [3.63, 3.8) is 0 Å². The van der Waals surface area contributed by atoms with Crippen LogP contribution in [0.2, 0.25) is 0 Å². The molecule has 0 aliphatic rings. The van der Waals surface area contributed by atoms with Crippen molar-refractivity contribution in [3.8, 4) is 11.5 Å². The van der Waals surface area contributed by atoms with Gasteiger partial charge in [0.2, 0.25) is 0 Å². The second-order valence-corrected chi connectivity index (χ2v) is 8.91. The van der Waals surface area contributed by atoms with E-state index < -0.39 is 30.1 Å². The SMILES string of the molecule is CCC(C)OC(=O)OCCN[C@@H](Cc1ccc(OC(=O)C(C)CC)c(OC(=O)C(C)CC)c1)C(=O)OC. The third-order valence-corrected chi connectivity index (χ3v) is 5.97. The molecule has 208 valence electrons. The van der Waals surface area contributed by atoms with Crippen LogP contribution >= 0.6 is 0 Å². The van der Waals surface area contributed by atoms with Crippen molar-refractivity contribution in [1.82, 2.24) is 5.32 Å². The number of rotatable bonds is 15. The van der Waals surface area contributed by atoms with E-state index in [0.29, 0.717) is 24.8 Å². The molecule has 1 N–H and O–H groups in total. The van der Waals surface area contributed by atoms with E-state index in [1.807, 2.05) is 20.8 Å². The van der Waals surface area contributed by atoms with Crippen LogP contribution in [0.1, 0.15) is 66.4 Å². The Morgan fingerprint density at radius 3 is 1.97 bits per heavy atom. The van der Waals surface area contributed by atoms with Crippen LogP contribution in [-0.4, -0.2) is 56.5 Å². The number of benzene rings is 1. The van der Waals surface area contributed by atoms with Crippen LogP contribution in [-0.2, 0) is 35.0 Å². The number of esters is 3. The topological polar surface area (TPSA) is 126 Å². The third-order valence-electron chi connectivity index (χ3n) is 5.97. The molecule has 10 nitrogen and oxygen atoms in total. The quantitative estimate of drug-likeness (QED) is 0.203. The zero-order valence-corrected chi connectivity index (χ0v) is 23.0. The van der Waals surface area contributed by atoms with Gasteiger partial charge in [-0.25, -0.2) is 4.79 Å². The molecule has 3 unspecified atom stereocenters. The molecule has 0 amide bonds. The van der Waals surface area contributed by atoms with Gasteiger partial charge in [0.25, 0.3) is 0 Å². The Morgan fingerprint density at radius 2 is 1.43 bits per heavy atom. The first-order valence-electron chi connectivity index (χ1n) is 12.8. The summed E-state index contributed by atoms with van der Waals surface area (Å²) < 4.78 is 26.0. The van der Waals surface area contributed by atoms with Crippen molar-refractivity contribution in [1.29, 1.82) is 0 Å². The fraction of sp³-hybridized carbons (Fsp3) is 0.630. The van der Waals surface area contributed by atoms with Crippen molar-refractivity contribution in [3.05, 3.63) is 23.8 Å². The van der Waals surface area contributed by atoms with Crippen molar-refractivity contribution in [2.45, 2.75) is 79.4 Å². The molecule has 1 rings (SSSR count). The Bertz CT molecular complexity index is 902. The maximum atomic E-state index is 12.5. The maximum Gasteiger partial charge on any atom is 0.508 e. The number of methoxy groups -OCH3 is 1. The second-order valence-electron chi connectivity index (χ2n) is 8.91. The minimum absolute atomic E-state index is 0.00890. The fourth-order valence-electron chi connectivity index (χ4n) is 2.86. The van der Waals surface area contributed by atoms with Gasteiger partial charge in [0, 0.05) is 6.54 Å². The first-order chi connectivity index (χ1) is 17.6. The zero-order chi connectivity index (χ0) is 28.0. The Labute approximate surface area is 219 Å². The summed E-state index contributed by atoms with van der Waals surface area (Å²) in [5, 5.41) is 3.00. The molecule has 0 aromatic heterocycles. The molecule has 1 aromatic rings. The van der Waals surface area contributed by atoms with Gasteiger partial charge in [-0.2, -0.15) is 0 Å². The second kappa shape index (κ2) is 16.6. The number of carbonyl (C=O) groups is 4. The van der Waals surface area contributed by atoms with Crippen LogP contribution in [0.15, 0.2) is 18.2 Å². The standard InChI is InChI=1S/C27H41NO9/c1-8-17(4)24(29)36-22-12-11-20(16-23(22)37-25(30)18(5)9-2)15-21(26(31)33-7)28-13-14-34-27(32)35-19(6)10-3/h11-12,16-19,21,28H,8-10,13-15H2,1-7H3/t17?,18?,19?,21-/m0/s1. The van der Waals surface area contributed by atoms with Crippen LogP contribution in [0.4, 0.5) is 4.79 Å². The van der Waals surface area contributed by atoms with Crippen molar-refractivity contribution >= 4 is 24.1 Å². The Hall–Kier alpha value is -3.14. The monoisotopic (exact) mass is 523 g/mol. The molecular formula is C27H41NO9. The van der Waals surface area contributed by atoms with Gasteiger partial charge in [-0.05, 0) is 50.3 Å². The van der Waals surface area contributed by atoms with E-state index in [0.717, 1.165) is 0 Å². The highest BCUT2D eigenvalue weighted by atomic mass is 16.7. The summed E-state index contributed by atoms with van der Waals surface area (Å²) in [5.74, 6) is -1.86. The lowest BCUT2D eigenvalue weighted by Gasteiger charge is -2.19. The molecule has 0 fully saturated rings. The molecular weight excluding hydrogens is 482 g/mol. The molecule has 0 aliphatic heterocycles. The van der Waals surface area contributed by atoms with Gasteiger partial charge >= 0.3 is 24.1 Å². The number of carbonyl (C=O) groups excluding carboxylic acids is 4. The molecule has 0 aliphatic carbocycles. The van der Waals surface area contributed by atoms with Gasteiger partial charge in [0.1, 0.15) is 18.8 Å². The predicted octanol–water partition coefficient (Wildman–Crippen LogP) is 4.22. The van der Waals surface area contributed by atoms with Gasteiger partial charge in [0.05, 0.1) is 18.9 Å². The summed E-state index contributed by atoms with van der Waals surface area (Å²) in [7, 11) is 1.27. The number of ether oxygens (including phenoxy) is 5. The van der Waals surface area contributed by atoms with Crippen LogP contribution in [0.5, 0.6) is 11.5 Å². The van der Waals surface area contributed by atoms with Crippen molar-refractivity contribution in [2.24, 2.45) is 11.8 Å². The van der Waals surface area contributed by atoms with Crippen molar-refractivity contribution < 1.29 is 42.9 Å². The van der Waals surface area contributed by atoms with Crippen LogP contribution in [0, 0.1) is 11.8 Å². The number of nitrogens with one attached hydrogen (secondary N) is 1. The molecule has 0 saturated heterocycles. The highest BCUT2D eigenvalue weighted by molar-refractivity contribution is 5.79. The molecule has 0 saturated carbocycles. The van der Waals surface area contributed by atoms with Gasteiger partial charge in [-0.3, -0.25) is 14.4 Å². The summed E-state index contributed by atoms with van der Waals surface area (Å²) in [5.41, 5.74) is 0.635. The van der Waals surface area contributed by atoms with E-state index in [4.69, 9.17) is 23.7 Å². The molecule has 0 radical (unpaired) electrons. The van der Waals surface area contributed by atoms with Gasteiger partial charge in [-0.15, -0.1) is 0 Å². The van der Waals surface area contributed by atoms with E-state index in [1.165, 1.54) is 13.2 Å². The molecule has 4 atom stereocenters. The fourth-order valence-corrected chi connectivity index (χ4v) is 2.86. The van der Waals surface area contributed by atoms with Crippen LogP contribution in [0.3, 0.4) is 0 Å². The summed E-state index contributed by atoms with van der Waals surface area (Å²) in [6, 6.07) is 4.01. The minimum atomic E-state index is -0.777. The molecule has 10 heteroatoms. The summed E-state index contributed by atoms with van der Waals surface area (Å²) >= 11 is 0. The van der Waals surface area contributed by atoms with E-state index in [1.54, 1.807) is 32.9 Å². The number of hydrogen-bond acceptors (Lipinski definition) is 10. The lowest BCUT2D eigenvalue weighted by atomic mass is 10.0. The molecule has 0 spiro atoms. The maximum absolute atomic E-state index is 12.5. The predicted molar refractivity (Wildman–Crippen MR) is 136 cm³/mol. The van der Waals surface area contributed by atoms with E-state index in [9.17, 15) is 19.2 Å². The molecule has 37 heavy (non-hydrogen) atoms. The number of hydrogen-bond donors (Lipinski definition) is 1. The average Bonchev–Trinajstić information content (AvgIpc) is 2.89. The minimum Gasteiger partial charge on any atom is -0.468 e. The third kappa shape index (κ3) is 11.2. The average molecular weight is 524 g/mol. The van der Waals surface area contributed by atoms with E-state index in [-0.39, 0.29) is 49.0 Å². The summed E-state index contributed by atoms with van der Waals surface area (Å²) in [6.07, 6.45) is 1.01. The largest absolute Gasteiger partial charge is 0.508 e. The summed E-state index contributed by atoms with van der Waals surface area (Å²) in [4.78, 5) is 48.9. The normalized spacial score (nSPS) is 14.0. The Kier molecular flexibility index (Phi) is 14.3. The highest BCUT2D eigenvalue weighted by Crippen LogP contribution is 2.31. The smallest absolute Gasteiger partial charge is 0.468 e. The van der Waals surface area contributed by atoms with E-state index in [2.05, 4.69) is 5.32 Å². The van der Waals surface area contributed by atoms with Gasteiger partial charge in [0.15, 0.2) is 11.5 Å². The lowest BCUT2D eigenvalue weighted by molar-refractivity contribution is -0.143. The molecule has 0 heterocycles. The highest BCUT2D eigenvalue weighted by Gasteiger charge is 2.23. The summed E-state index contributed by atoms with van der Waals surface area (Å²) in [6.45, 7) is 11.1. The van der Waals surface area contributed by atoms with Gasteiger partial charge in [-0.1, -0.05) is 40.7 Å².